The Morgan fingerprint density at radius 1 is 1.15 bits per heavy atom. The Bertz CT molecular complexity index is 531. The average molecular weight is 272 g/mol. The number of aromatic nitrogens is 2. The molecule has 0 spiro atoms. The first-order valence-corrected chi connectivity index (χ1v) is 6.68. The van der Waals surface area contributed by atoms with Crippen molar-refractivity contribution in [3.8, 4) is 0 Å². The van der Waals surface area contributed by atoms with Crippen molar-refractivity contribution in [2.45, 2.75) is 13.3 Å². The van der Waals surface area contributed by atoms with E-state index < -0.39 is 0 Å². The second kappa shape index (κ2) is 7.45. The zero-order chi connectivity index (χ0) is 14.2. The number of benzene rings is 1. The first kappa shape index (κ1) is 14.3. The number of aryl methyl sites for hydroxylation is 1. The molecule has 0 aliphatic carbocycles. The lowest BCUT2D eigenvalue weighted by molar-refractivity contribution is 0.198. The van der Waals surface area contributed by atoms with Gasteiger partial charge < -0.3 is 15.4 Å². The Balaban J connectivity index is 2.01. The van der Waals surface area contributed by atoms with E-state index in [0.29, 0.717) is 5.95 Å². The molecule has 0 unspecified atom stereocenters. The lowest BCUT2D eigenvalue weighted by Crippen LogP contribution is -2.08. The van der Waals surface area contributed by atoms with Crippen LogP contribution < -0.4 is 10.6 Å². The monoisotopic (exact) mass is 272 g/mol. The quantitative estimate of drug-likeness (QED) is 0.759. The Kier molecular flexibility index (Phi) is 5.32. The number of methoxy groups -OCH3 is 1. The molecule has 0 radical (unpaired) electrons. The minimum Gasteiger partial charge on any atom is -0.385 e. The molecule has 0 atom stereocenters. The van der Waals surface area contributed by atoms with Crippen molar-refractivity contribution in [2.24, 2.45) is 0 Å². The predicted molar refractivity (Wildman–Crippen MR) is 81.5 cm³/mol. The second-order valence-corrected chi connectivity index (χ2v) is 4.48. The van der Waals surface area contributed by atoms with Gasteiger partial charge in [0.15, 0.2) is 0 Å². The maximum Gasteiger partial charge on any atom is 0.229 e. The lowest BCUT2D eigenvalue weighted by Gasteiger charge is -2.09. The number of nitrogens with zero attached hydrogens (tertiary/aromatic N) is 2. The SMILES string of the molecule is COCCCNc1cc(C)nc(Nc2ccccc2)n1. The minimum absolute atomic E-state index is 0.602. The molecule has 0 bridgehead atoms. The van der Waals surface area contributed by atoms with Gasteiger partial charge in [-0.1, -0.05) is 18.2 Å². The van der Waals surface area contributed by atoms with E-state index in [2.05, 4.69) is 20.6 Å². The third kappa shape index (κ3) is 4.51. The summed E-state index contributed by atoms with van der Waals surface area (Å²) < 4.78 is 5.02. The van der Waals surface area contributed by atoms with Crippen molar-refractivity contribution in [2.75, 3.05) is 30.9 Å². The maximum atomic E-state index is 5.02. The van der Waals surface area contributed by atoms with Crippen molar-refractivity contribution in [1.29, 1.82) is 0 Å². The number of hydrogen-bond acceptors (Lipinski definition) is 5. The van der Waals surface area contributed by atoms with Gasteiger partial charge in [-0.15, -0.1) is 0 Å². The van der Waals surface area contributed by atoms with Crippen LogP contribution in [0.15, 0.2) is 36.4 Å². The molecule has 0 saturated carbocycles. The zero-order valence-corrected chi connectivity index (χ0v) is 11.9. The Hall–Kier alpha value is -2.14. The van der Waals surface area contributed by atoms with E-state index in [1.54, 1.807) is 7.11 Å². The molecule has 2 N–H and O–H groups in total. The summed E-state index contributed by atoms with van der Waals surface area (Å²) in [6.07, 6.45) is 0.945. The molecule has 20 heavy (non-hydrogen) atoms. The van der Waals surface area contributed by atoms with Gasteiger partial charge in [-0.25, -0.2) is 4.98 Å². The molecule has 0 aliphatic rings. The van der Waals surface area contributed by atoms with Crippen LogP contribution in [0.5, 0.6) is 0 Å². The summed E-state index contributed by atoms with van der Waals surface area (Å²) in [5.74, 6) is 1.43. The summed E-state index contributed by atoms with van der Waals surface area (Å²) in [7, 11) is 1.71. The van der Waals surface area contributed by atoms with Crippen LogP contribution in [0.1, 0.15) is 12.1 Å². The molecule has 0 amide bonds. The Morgan fingerprint density at radius 2 is 1.95 bits per heavy atom. The van der Waals surface area contributed by atoms with Crippen LogP contribution in [0.2, 0.25) is 0 Å². The lowest BCUT2D eigenvalue weighted by atomic mass is 10.3. The average Bonchev–Trinajstić information content (AvgIpc) is 2.44. The third-order valence-electron chi connectivity index (χ3n) is 2.72. The van der Waals surface area contributed by atoms with Gasteiger partial charge in [-0.2, -0.15) is 4.98 Å². The van der Waals surface area contributed by atoms with Crippen LogP contribution >= 0.6 is 0 Å². The normalized spacial score (nSPS) is 10.3. The molecule has 1 heterocycles. The van der Waals surface area contributed by atoms with E-state index in [-0.39, 0.29) is 0 Å². The van der Waals surface area contributed by atoms with E-state index in [4.69, 9.17) is 4.74 Å². The van der Waals surface area contributed by atoms with E-state index >= 15 is 0 Å². The fraction of sp³-hybridized carbons (Fsp3) is 0.333. The summed E-state index contributed by atoms with van der Waals surface area (Å²) >= 11 is 0. The highest BCUT2D eigenvalue weighted by molar-refractivity contribution is 5.54. The zero-order valence-electron chi connectivity index (χ0n) is 11.9. The molecular formula is C15H20N4O. The van der Waals surface area contributed by atoms with Gasteiger partial charge in [0.2, 0.25) is 5.95 Å². The standard InChI is InChI=1S/C15H20N4O/c1-12-11-14(16-9-6-10-20-2)19-15(17-12)18-13-7-4-3-5-8-13/h3-5,7-8,11H,6,9-10H2,1-2H3,(H2,16,17,18,19). The van der Waals surface area contributed by atoms with Crippen molar-refractivity contribution < 1.29 is 4.74 Å². The van der Waals surface area contributed by atoms with Crippen LogP contribution in [0.25, 0.3) is 0 Å². The predicted octanol–water partition coefficient (Wildman–Crippen LogP) is 2.98. The smallest absolute Gasteiger partial charge is 0.229 e. The van der Waals surface area contributed by atoms with Gasteiger partial charge in [0, 0.05) is 37.7 Å². The summed E-state index contributed by atoms with van der Waals surface area (Å²) in [6.45, 7) is 3.53. The van der Waals surface area contributed by atoms with Crippen LogP contribution in [0.4, 0.5) is 17.5 Å². The minimum atomic E-state index is 0.602. The van der Waals surface area contributed by atoms with Gasteiger partial charge in [0.05, 0.1) is 0 Å². The van der Waals surface area contributed by atoms with Crippen molar-refractivity contribution in [3.63, 3.8) is 0 Å². The molecular weight excluding hydrogens is 252 g/mol. The molecule has 106 valence electrons. The first-order chi connectivity index (χ1) is 9.78. The van der Waals surface area contributed by atoms with E-state index in [1.807, 2.05) is 43.3 Å². The first-order valence-electron chi connectivity index (χ1n) is 6.68. The number of para-hydroxylation sites is 1. The van der Waals surface area contributed by atoms with Crippen LogP contribution in [0, 0.1) is 6.92 Å². The summed E-state index contributed by atoms with van der Waals surface area (Å²) in [4.78, 5) is 8.84. The fourth-order valence-corrected chi connectivity index (χ4v) is 1.80. The number of hydrogen-bond donors (Lipinski definition) is 2. The highest BCUT2D eigenvalue weighted by Crippen LogP contribution is 2.15. The third-order valence-corrected chi connectivity index (χ3v) is 2.72. The summed E-state index contributed by atoms with van der Waals surface area (Å²) in [6, 6.07) is 11.8. The van der Waals surface area contributed by atoms with Crippen molar-refractivity contribution in [3.05, 3.63) is 42.1 Å². The molecule has 5 nitrogen and oxygen atoms in total. The van der Waals surface area contributed by atoms with E-state index in [1.165, 1.54) is 0 Å². The molecule has 0 aliphatic heterocycles. The van der Waals surface area contributed by atoms with Gasteiger partial charge in [-0.05, 0) is 25.5 Å². The highest BCUT2D eigenvalue weighted by Gasteiger charge is 2.02. The number of ether oxygens (including phenoxy) is 1. The van der Waals surface area contributed by atoms with E-state index in [9.17, 15) is 0 Å². The van der Waals surface area contributed by atoms with Gasteiger partial charge >= 0.3 is 0 Å². The molecule has 1 aromatic heterocycles. The van der Waals surface area contributed by atoms with E-state index in [0.717, 1.165) is 36.8 Å². The Morgan fingerprint density at radius 3 is 2.70 bits per heavy atom. The van der Waals surface area contributed by atoms with Gasteiger partial charge in [0.1, 0.15) is 5.82 Å². The summed E-state index contributed by atoms with van der Waals surface area (Å²) in [5, 5.41) is 6.48. The maximum absolute atomic E-state index is 5.02. The molecule has 2 rings (SSSR count). The summed E-state index contributed by atoms with van der Waals surface area (Å²) in [5.41, 5.74) is 1.90. The largest absolute Gasteiger partial charge is 0.385 e. The van der Waals surface area contributed by atoms with Crippen LogP contribution in [0.3, 0.4) is 0 Å². The molecule has 2 aromatic rings. The van der Waals surface area contributed by atoms with Crippen molar-refractivity contribution in [1.82, 2.24) is 9.97 Å². The van der Waals surface area contributed by atoms with Gasteiger partial charge in [-0.3, -0.25) is 0 Å². The topological polar surface area (TPSA) is 59.1 Å². The Labute approximate surface area is 119 Å². The molecule has 0 fully saturated rings. The fourth-order valence-electron chi connectivity index (χ4n) is 1.80. The number of rotatable bonds is 7. The van der Waals surface area contributed by atoms with Crippen LogP contribution in [-0.4, -0.2) is 30.2 Å². The number of anilines is 3. The molecule has 1 aromatic carbocycles. The molecule has 0 saturated heterocycles. The van der Waals surface area contributed by atoms with Gasteiger partial charge in [0.25, 0.3) is 0 Å². The number of nitrogens with one attached hydrogen (secondary N) is 2. The van der Waals surface area contributed by atoms with Crippen molar-refractivity contribution >= 4 is 17.5 Å². The second-order valence-electron chi connectivity index (χ2n) is 4.48. The highest BCUT2D eigenvalue weighted by atomic mass is 16.5. The molecule has 5 heteroatoms. The van der Waals surface area contributed by atoms with Crippen LogP contribution in [-0.2, 0) is 4.74 Å².